The number of nitrogens with zero attached hydrogens (tertiary/aromatic N) is 1. The molecule has 2 rings (SSSR count). The lowest BCUT2D eigenvalue weighted by Gasteiger charge is -2.13. The number of amides is 1. The van der Waals surface area contributed by atoms with Gasteiger partial charge in [0.25, 0.3) is 0 Å². The summed E-state index contributed by atoms with van der Waals surface area (Å²) in [6.45, 7) is 0.458. The third kappa shape index (κ3) is 2.12. The highest BCUT2D eigenvalue weighted by Gasteiger charge is 2.41. The minimum Gasteiger partial charge on any atom is -0.398 e. The van der Waals surface area contributed by atoms with Crippen molar-refractivity contribution in [2.24, 2.45) is 0 Å². The number of sulfone groups is 1. The van der Waals surface area contributed by atoms with Crippen LogP contribution in [0.5, 0.6) is 0 Å². The minimum absolute atomic E-state index is 0.0272. The molecule has 7 heteroatoms. The van der Waals surface area contributed by atoms with Crippen molar-refractivity contribution in [1.29, 1.82) is 0 Å². The molecule has 1 fully saturated rings. The number of anilines is 1. The fraction of sp³-hybridized carbons (Fsp3) is 0.364. The first kappa shape index (κ1) is 13.4. The summed E-state index contributed by atoms with van der Waals surface area (Å²) in [6, 6.07) is 4.56. The molecule has 2 N–H and O–H groups in total. The van der Waals surface area contributed by atoms with Crippen molar-refractivity contribution in [3.05, 3.63) is 22.7 Å². The molecule has 5 nitrogen and oxygen atoms in total. The van der Waals surface area contributed by atoms with E-state index in [1.165, 1.54) is 17.0 Å². The van der Waals surface area contributed by atoms with Crippen LogP contribution in [-0.2, 0) is 14.6 Å². The lowest BCUT2D eigenvalue weighted by atomic mass is 10.3. The third-order valence-electron chi connectivity index (χ3n) is 3.03. The first-order valence-corrected chi connectivity index (χ1v) is 7.72. The summed E-state index contributed by atoms with van der Waals surface area (Å²) in [5.41, 5.74) is 5.88. The second kappa shape index (κ2) is 4.55. The van der Waals surface area contributed by atoms with E-state index in [4.69, 9.17) is 5.73 Å². The van der Waals surface area contributed by atoms with Crippen molar-refractivity contribution in [2.45, 2.75) is 16.6 Å². The van der Waals surface area contributed by atoms with Crippen molar-refractivity contribution in [2.75, 3.05) is 19.3 Å². The number of benzene rings is 1. The van der Waals surface area contributed by atoms with Crippen LogP contribution in [0.1, 0.15) is 6.42 Å². The lowest BCUT2D eigenvalue weighted by molar-refractivity contribution is -0.126. The molecule has 1 unspecified atom stereocenters. The van der Waals surface area contributed by atoms with Gasteiger partial charge in [-0.25, -0.2) is 8.42 Å². The molecule has 0 bridgehead atoms. The lowest BCUT2D eigenvalue weighted by Crippen LogP contribution is -2.32. The van der Waals surface area contributed by atoms with E-state index >= 15 is 0 Å². The average Bonchev–Trinajstić information content (AvgIpc) is 2.59. The van der Waals surface area contributed by atoms with Crippen molar-refractivity contribution in [3.63, 3.8) is 0 Å². The van der Waals surface area contributed by atoms with Gasteiger partial charge in [0.2, 0.25) is 5.91 Å². The highest BCUT2D eigenvalue weighted by Crippen LogP contribution is 2.29. The second-order valence-electron chi connectivity index (χ2n) is 4.26. The SMILES string of the molecule is CN1CCC(S(=O)(=O)c2ccc(Br)cc2N)C1=O. The fourth-order valence-electron chi connectivity index (χ4n) is 2.01. The van der Waals surface area contributed by atoms with Gasteiger partial charge in [0.15, 0.2) is 9.84 Å². The van der Waals surface area contributed by atoms with Crippen LogP contribution in [0.15, 0.2) is 27.6 Å². The molecule has 1 atom stereocenters. The van der Waals surface area contributed by atoms with Crippen LogP contribution in [0.3, 0.4) is 0 Å². The predicted molar refractivity (Wildman–Crippen MR) is 71.8 cm³/mol. The fourth-order valence-corrected chi connectivity index (χ4v) is 4.20. The summed E-state index contributed by atoms with van der Waals surface area (Å²) in [6.07, 6.45) is 0.313. The van der Waals surface area contributed by atoms with Crippen LogP contribution in [0.25, 0.3) is 0 Å². The number of hydrogen-bond acceptors (Lipinski definition) is 4. The van der Waals surface area contributed by atoms with Gasteiger partial charge in [0.05, 0.1) is 10.6 Å². The van der Waals surface area contributed by atoms with Gasteiger partial charge in [-0.15, -0.1) is 0 Å². The van der Waals surface area contributed by atoms with Gasteiger partial charge in [-0.1, -0.05) is 15.9 Å². The Morgan fingerprint density at radius 2 is 2.11 bits per heavy atom. The largest absolute Gasteiger partial charge is 0.398 e. The monoisotopic (exact) mass is 332 g/mol. The summed E-state index contributed by atoms with van der Waals surface area (Å²) in [7, 11) is -2.11. The molecule has 1 amide bonds. The molecule has 1 aromatic rings. The smallest absolute Gasteiger partial charge is 0.241 e. The molecule has 1 aliphatic rings. The van der Waals surface area contributed by atoms with E-state index in [9.17, 15) is 13.2 Å². The summed E-state index contributed by atoms with van der Waals surface area (Å²) in [5.74, 6) is -0.364. The zero-order valence-corrected chi connectivity index (χ0v) is 12.2. The first-order chi connectivity index (χ1) is 8.34. The van der Waals surface area contributed by atoms with Crippen LogP contribution >= 0.6 is 15.9 Å². The second-order valence-corrected chi connectivity index (χ2v) is 7.28. The van der Waals surface area contributed by atoms with Crippen LogP contribution in [0.2, 0.25) is 0 Å². The Balaban J connectivity index is 2.46. The number of carbonyl (C=O) groups excluding carboxylic acids is 1. The predicted octanol–water partition coefficient (Wildman–Crippen LogP) is 1.04. The summed E-state index contributed by atoms with van der Waals surface area (Å²) >= 11 is 3.22. The molecule has 0 aliphatic carbocycles. The maximum Gasteiger partial charge on any atom is 0.241 e. The Bertz CT molecular complexity index is 600. The van der Waals surface area contributed by atoms with Gasteiger partial charge in [-0.05, 0) is 24.6 Å². The topological polar surface area (TPSA) is 80.5 Å². The molecule has 98 valence electrons. The summed E-state index contributed by atoms with van der Waals surface area (Å²) in [5, 5.41) is -1.01. The van der Waals surface area contributed by atoms with Gasteiger partial charge in [-0.2, -0.15) is 0 Å². The van der Waals surface area contributed by atoms with Crippen molar-refractivity contribution in [3.8, 4) is 0 Å². The quantitative estimate of drug-likeness (QED) is 0.820. The summed E-state index contributed by atoms with van der Waals surface area (Å²) < 4.78 is 25.5. The van der Waals surface area contributed by atoms with Crippen molar-refractivity contribution in [1.82, 2.24) is 4.90 Å². The minimum atomic E-state index is -3.71. The molecule has 0 spiro atoms. The van der Waals surface area contributed by atoms with Gasteiger partial charge in [0, 0.05) is 18.1 Å². The molecule has 0 aromatic heterocycles. The van der Waals surface area contributed by atoms with E-state index in [1.807, 2.05) is 0 Å². The number of likely N-dealkylation sites (tertiary alicyclic amines) is 1. The van der Waals surface area contributed by atoms with Gasteiger partial charge < -0.3 is 10.6 Å². The number of carbonyl (C=O) groups is 1. The number of nitrogen functional groups attached to an aromatic ring is 1. The van der Waals surface area contributed by atoms with E-state index in [0.717, 1.165) is 0 Å². The summed E-state index contributed by atoms with van der Waals surface area (Å²) in [4.78, 5) is 13.3. The highest BCUT2D eigenvalue weighted by atomic mass is 79.9. The van der Waals surface area contributed by atoms with E-state index in [1.54, 1.807) is 13.1 Å². The molecule has 1 saturated heterocycles. The Morgan fingerprint density at radius 1 is 1.44 bits per heavy atom. The molecule has 18 heavy (non-hydrogen) atoms. The average molecular weight is 333 g/mol. The van der Waals surface area contributed by atoms with Crippen LogP contribution in [0.4, 0.5) is 5.69 Å². The zero-order chi connectivity index (χ0) is 13.5. The Hall–Kier alpha value is -1.08. The molecule has 0 radical (unpaired) electrons. The normalized spacial score (nSPS) is 20.4. The first-order valence-electron chi connectivity index (χ1n) is 5.38. The zero-order valence-electron chi connectivity index (χ0n) is 9.76. The van der Waals surface area contributed by atoms with Crippen LogP contribution in [0, 0.1) is 0 Å². The maximum atomic E-state index is 12.4. The van der Waals surface area contributed by atoms with E-state index in [2.05, 4.69) is 15.9 Å². The van der Waals surface area contributed by atoms with Gasteiger partial charge in [-0.3, -0.25) is 4.79 Å². The standard InChI is InChI=1S/C11H13BrN2O3S/c1-14-5-4-10(11(14)15)18(16,17)9-3-2-7(12)6-8(9)13/h2-3,6,10H,4-5,13H2,1H3. The number of nitrogens with two attached hydrogens (primary N) is 1. The molecule has 1 aromatic carbocycles. The number of hydrogen-bond donors (Lipinski definition) is 1. The molecule has 1 aliphatic heterocycles. The Morgan fingerprint density at radius 3 is 2.61 bits per heavy atom. The van der Waals surface area contributed by atoms with E-state index in [0.29, 0.717) is 17.4 Å². The molecular weight excluding hydrogens is 320 g/mol. The Labute approximate surface area is 114 Å². The molecule has 1 heterocycles. The third-order valence-corrected chi connectivity index (χ3v) is 5.70. The Kier molecular flexibility index (Phi) is 3.37. The molecular formula is C11H13BrN2O3S. The van der Waals surface area contributed by atoms with Crippen LogP contribution < -0.4 is 5.73 Å². The number of rotatable bonds is 2. The molecule has 0 saturated carbocycles. The van der Waals surface area contributed by atoms with E-state index < -0.39 is 15.1 Å². The van der Waals surface area contributed by atoms with Crippen molar-refractivity contribution < 1.29 is 13.2 Å². The highest BCUT2D eigenvalue weighted by molar-refractivity contribution is 9.10. The van der Waals surface area contributed by atoms with Crippen molar-refractivity contribution >= 4 is 37.4 Å². The van der Waals surface area contributed by atoms with Gasteiger partial charge in [0.1, 0.15) is 5.25 Å². The van der Waals surface area contributed by atoms with Crippen LogP contribution in [-0.4, -0.2) is 38.1 Å². The van der Waals surface area contributed by atoms with E-state index in [-0.39, 0.29) is 16.5 Å². The number of halogens is 1. The van der Waals surface area contributed by atoms with Gasteiger partial charge >= 0.3 is 0 Å². The maximum absolute atomic E-state index is 12.4.